The number of ether oxygens (including phenoxy) is 4. The van der Waals surface area contributed by atoms with Gasteiger partial charge in [-0.15, -0.1) is 0 Å². The molecular formula is C79H153NO13. The van der Waals surface area contributed by atoms with E-state index in [4.69, 9.17) is 18.9 Å². The number of nitrogens with one attached hydrogen (secondary N) is 1. The molecule has 0 aromatic rings. The second kappa shape index (κ2) is 64.1. The maximum absolute atomic E-state index is 13.4. The van der Waals surface area contributed by atoms with Crippen molar-refractivity contribution in [3.63, 3.8) is 0 Å². The Bertz CT molecular complexity index is 1610. The lowest BCUT2D eigenvalue weighted by molar-refractivity contribution is -0.359. The van der Waals surface area contributed by atoms with Gasteiger partial charge in [0.25, 0.3) is 0 Å². The zero-order valence-electron chi connectivity index (χ0n) is 60.5. The SMILES string of the molecule is CCCCCCCCCC/C=C\CCCCCCCCCCCCCCCCCC(=O)NC(COC1OC(CO)C(OC2OC(CO)C(O)C(O)C2O)C(O)C1O)C(O)CCCCCCCCCCCCCCCCCCCCCCCCCCCCCCCCCC. The number of hydrogen-bond acceptors (Lipinski definition) is 13. The van der Waals surface area contributed by atoms with E-state index in [2.05, 4.69) is 31.3 Å². The summed E-state index contributed by atoms with van der Waals surface area (Å²) in [5, 5.41) is 87.9. The van der Waals surface area contributed by atoms with Gasteiger partial charge in [-0.05, 0) is 38.5 Å². The van der Waals surface area contributed by atoms with E-state index in [-0.39, 0.29) is 12.5 Å². The molecular weight excluding hydrogens is 1170 g/mol. The Balaban J connectivity index is 1.60. The molecule has 0 aliphatic carbocycles. The van der Waals surface area contributed by atoms with Crippen LogP contribution in [0.3, 0.4) is 0 Å². The summed E-state index contributed by atoms with van der Waals surface area (Å²) in [4.78, 5) is 13.4. The second-order valence-electron chi connectivity index (χ2n) is 28.9. The van der Waals surface area contributed by atoms with Crippen molar-refractivity contribution in [2.24, 2.45) is 0 Å². The van der Waals surface area contributed by atoms with Crippen LogP contribution < -0.4 is 5.32 Å². The van der Waals surface area contributed by atoms with E-state index < -0.39 is 86.8 Å². The highest BCUT2D eigenvalue weighted by Gasteiger charge is 2.51. The van der Waals surface area contributed by atoms with Crippen molar-refractivity contribution in [1.82, 2.24) is 5.32 Å². The number of carbonyl (C=O) groups is 1. The molecule has 12 atom stereocenters. The predicted molar refractivity (Wildman–Crippen MR) is 383 cm³/mol. The predicted octanol–water partition coefficient (Wildman–Crippen LogP) is 18.1. The number of carbonyl (C=O) groups excluding carboxylic acids is 1. The number of rotatable bonds is 69. The summed E-state index contributed by atoms with van der Waals surface area (Å²) in [5.41, 5.74) is 0. The quantitative estimate of drug-likeness (QED) is 0.0204. The van der Waals surface area contributed by atoms with Crippen LogP contribution in [0, 0.1) is 0 Å². The maximum atomic E-state index is 13.4. The lowest BCUT2D eigenvalue weighted by Crippen LogP contribution is -2.65. The van der Waals surface area contributed by atoms with Crippen molar-refractivity contribution in [3.05, 3.63) is 12.2 Å². The number of hydrogen-bond donors (Lipinski definition) is 9. The van der Waals surface area contributed by atoms with Gasteiger partial charge >= 0.3 is 0 Å². The third kappa shape index (κ3) is 47.4. The van der Waals surface area contributed by atoms with Gasteiger partial charge in [-0.1, -0.05) is 360 Å². The van der Waals surface area contributed by atoms with Crippen LogP contribution >= 0.6 is 0 Å². The van der Waals surface area contributed by atoms with Gasteiger partial charge in [0, 0.05) is 6.42 Å². The molecule has 1 amide bonds. The fourth-order valence-corrected chi connectivity index (χ4v) is 13.8. The molecule has 93 heavy (non-hydrogen) atoms. The highest BCUT2D eigenvalue weighted by atomic mass is 16.7. The number of allylic oxidation sites excluding steroid dienone is 2. The molecule has 9 N–H and O–H groups in total. The molecule has 2 heterocycles. The van der Waals surface area contributed by atoms with Gasteiger partial charge in [0.2, 0.25) is 5.91 Å². The minimum Gasteiger partial charge on any atom is -0.394 e. The van der Waals surface area contributed by atoms with E-state index in [9.17, 15) is 45.6 Å². The zero-order chi connectivity index (χ0) is 67.3. The van der Waals surface area contributed by atoms with Gasteiger partial charge in [0.1, 0.15) is 48.8 Å². The Hall–Kier alpha value is -1.27. The fraction of sp³-hybridized carbons (Fsp3) is 0.962. The van der Waals surface area contributed by atoms with Crippen molar-refractivity contribution in [2.75, 3.05) is 19.8 Å². The summed E-state index contributed by atoms with van der Waals surface area (Å²) in [6, 6.07) is -0.828. The van der Waals surface area contributed by atoms with Crippen molar-refractivity contribution < 1.29 is 64.6 Å². The van der Waals surface area contributed by atoms with Gasteiger partial charge < -0.3 is 65.1 Å². The van der Waals surface area contributed by atoms with Gasteiger partial charge in [0.05, 0.1) is 32.0 Å². The molecule has 14 nitrogen and oxygen atoms in total. The summed E-state index contributed by atoms with van der Waals surface area (Å²) < 4.78 is 23.0. The van der Waals surface area contributed by atoms with Crippen molar-refractivity contribution in [2.45, 2.75) is 466 Å². The molecule has 12 unspecified atom stereocenters. The Labute approximate surface area is 571 Å². The van der Waals surface area contributed by atoms with Gasteiger partial charge in [-0.2, -0.15) is 0 Å². The Morgan fingerprint density at radius 3 is 1.02 bits per heavy atom. The molecule has 0 aromatic heterocycles. The smallest absolute Gasteiger partial charge is 0.220 e. The van der Waals surface area contributed by atoms with Crippen LogP contribution in [0.15, 0.2) is 12.2 Å². The molecule has 0 radical (unpaired) electrons. The highest BCUT2D eigenvalue weighted by molar-refractivity contribution is 5.76. The van der Waals surface area contributed by atoms with Crippen molar-refractivity contribution in [3.8, 4) is 0 Å². The van der Waals surface area contributed by atoms with E-state index >= 15 is 0 Å². The topological polar surface area (TPSA) is 228 Å². The molecule has 2 fully saturated rings. The highest BCUT2D eigenvalue weighted by Crippen LogP contribution is 2.30. The Kier molecular flexibility index (Phi) is 60.6. The number of amides is 1. The largest absolute Gasteiger partial charge is 0.394 e. The molecule has 2 aliphatic heterocycles. The molecule has 0 aromatic carbocycles. The van der Waals surface area contributed by atoms with E-state index in [1.54, 1.807) is 0 Å². The number of aliphatic hydroxyl groups excluding tert-OH is 8. The van der Waals surface area contributed by atoms with Gasteiger partial charge in [0.15, 0.2) is 12.6 Å². The van der Waals surface area contributed by atoms with Crippen LogP contribution in [0.1, 0.15) is 393 Å². The summed E-state index contributed by atoms with van der Waals surface area (Å²) in [6.07, 6.45) is 64.0. The maximum Gasteiger partial charge on any atom is 0.220 e. The molecule has 2 aliphatic rings. The molecule has 2 rings (SSSR count). The molecule has 0 spiro atoms. The fourth-order valence-electron chi connectivity index (χ4n) is 13.8. The molecule has 14 heteroatoms. The standard InChI is InChI=1S/C79H153NO13/c1-3-5-7-9-11-13-15-17-19-21-23-25-27-29-31-32-33-34-35-37-38-40-42-44-46-48-50-52-54-56-58-60-62-68(83)67(66-90-78-76(89)74(87)77(70(65-82)92-78)93-79-75(88)73(86)72(85)69(64-81)91-79)80-71(84)63-61-59-57-55-53-51-49-47-45-43-41-39-36-30-28-26-24-22-20-18-16-14-12-10-8-6-4-2/h22,24,67-70,72-79,81-83,85-89H,3-21,23,25-66H2,1-2H3,(H,80,84)/b24-22-. The lowest BCUT2D eigenvalue weighted by Gasteiger charge is -2.46. The van der Waals surface area contributed by atoms with Gasteiger partial charge in [-0.3, -0.25) is 4.79 Å². The van der Waals surface area contributed by atoms with Crippen LogP contribution in [0.4, 0.5) is 0 Å². The van der Waals surface area contributed by atoms with Crippen LogP contribution in [0.5, 0.6) is 0 Å². The van der Waals surface area contributed by atoms with Gasteiger partial charge in [-0.25, -0.2) is 0 Å². The van der Waals surface area contributed by atoms with Crippen LogP contribution in [0.2, 0.25) is 0 Å². The average molecular weight is 1330 g/mol. The third-order valence-electron chi connectivity index (χ3n) is 20.2. The average Bonchev–Trinajstić information content (AvgIpc) is 0.854. The monoisotopic (exact) mass is 1320 g/mol. The molecule has 2 saturated heterocycles. The van der Waals surface area contributed by atoms with E-state index in [1.807, 2.05) is 0 Å². The summed E-state index contributed by atoms with van der Waals surface area (Å²) in [7, 11) is 0. The molecule has 0 bridgehead atoms. The van der Waals surface area contributed by atoms with Crippen molar-refractivity contribution >= 4 is 5.91 Å². The number of aliphatic hydroxyl groups is 8. The summed E-state index contributed by atoms with van der Waals surface area (Å²) in [5.74, 6) is -0.197. The Morgan fingerprint density at radius 2 is 0.677 bits per heavy atom. The van der Waals surface area contributed by atoms with E-state index in [0.29, 0.717) is 12.8 Å². The first-order valence-electron chi connectivity index (χ1n) is 40.4. The molecule has 0 saturated carbocycles. The number of unbranched alkanes of at least 4 members (excludes halogenated alkanes) is 54. The van der Waals surface area contributed by atoms with Crippen LogP contribution in [0.25, 0.3) is 0 Å². The Morgan fingerprint density at radius 1 is 0.376 bits per heavy atom. The molecule has 552 valence electrons. The first kappa shape index (κ1) is 87.8. The summed E-state index contributed by atoms with van der Waals surface area (Å²) >= 11 is 0. The minimum absolute atomic E-state index is 0.197. The van der Waals surface area contributed by atoms with Crippen LogP contribution in [-0.2, 0) is 23.7 Å². The van der Waals surface area contributed by atoms with Crippen molar-refractivity contribution in [1.29, 1.82) is 0 Å². The van der Waals surface area contributed by atoms with E-state index in [1.165, 1.54) is 315 Å². The second-order valence-corrected chi connectivity index (χ2v) is 28.9. The normalized spacial score (nSPS) is 22.5. The first-order chi connectivity index (χ1) is 45.6. The summed E-state index contributed by atoms with van der Waals surface area (Å²) in [6.45, 7) is 2.94. The van der Waals surface area contributed by atoms with E-state index in [0.717, 1.165) is 51.4 Å². The lowest BCUT2D eigenvalue weighted by atomic mass is 9.97. The minimum atomic E-state index is -1.78. The zero-order valence-corrected chi connectivity index (χ0v) is 60.5. The third-order valence-corrected chi connectivity index (χ3v) is 20.2. The first-order valence-corrected chi connectivity index (χ1v) is 40.4. The van der Waals surface area contributed by atoms with Crippen LogP contribution in [-0.4, -0.2) is 140 Å².